The molecule has 6 heteroatoms. The largest absolute Gasteiger partial charge is 0.338 e. The summed E-state index contributed by atoms with van der Waals surface area (Å²) >= 11 is 1.13. The van der Waals surface area contributed by atoms with Crippen molar-refractivity contribution in [2.75, 3.05) is 6.54 Å². The number of carbonyl (C=O) groups is 1. The molecule has 0 N–H and O–H groups in total. The van der Waals surface area contributed by atoms with E-state index in [-0.39, 0.29) is 29.2 Å². The molecule has 0 saturated heterocycles. The third kappa shape index (κ3) is 4.37. The van der Waals surface area contributed by atoms with Crippen molar-refractivity contribution >= 4 is 17.2 Å². The van der Waals surface area contributed by atoms with Crippen LogP contribution in [0.3, 0.4) is 0 Å². The van der Waals surface area contributed by atoms with Gasteiger partial charge in [-0.1, -0.05) is 36.3 Å². The predicted octanol–water partition coefficient (Wildman–Crippen LogP) is 3.37. The Hall–Kier alpha value is -1.95. The normalized spacial score (nSPS) is 14.8. The fourth-order valence-corrected chi connectivity index (χ4v) is 4.18. The van der Waals surface area contributed by atoms with Gasteiger partial charge in [0.05, 0.1) is 0 Å². The molecule has 3 rings (SSSR count). The van der Waals surface area contributed by atoms with Gasteiger partial charge in [0, 0.05) is 23.7 Å². The number of nitrogens with zero attached hydrogens (tertiary/aromatic N) is 2. The van der Waals surface area contributed by atoms with Crippen LogP contribution in [-0.2, 0) is 17.8 Å². The van der Waals surface area contributed by atoms with Gasteiger partial charge in [-0.15, -0.1) is 0 Å². The number of aromatic nitrogens is 1. The van der Waals surface area contributed by atoms with Gasteiger partial charge in [0.25, 0.3) is 0 Å². The zero-order valence-electron chi connectivity index (χ0n) is 14.4. The quantitative estimate of drug-likeness (QED) is 0.791. The molecular formula is C19H23FN2O2S. The molecule has 1 amide bonds. The maximum absolute atomic E-state index is 13.1. The van der Waals surface area contributed by atoms with Crippen LogP contribution in [0.15, 0.2) is 34.4 Å². The minimum atomic E-state index is -0.250. The molecule has 2 aromatic rings. The van der Waals surface area contributed by atoms with Crippen LogP contribution in [-0.4, -0.2) is 28.0 Å². The highest BCUT2D eigenvalue weighted by Gasteiger charge is 2.27. The molecule has 0 atom stereocenters. The monoisotopic (exact) mass is 362 g/mol. The molecule has 1 heterocycles. The zero-order chi connectivity index (χ0) is 17.8. The number of hydrogen-bond donors (Lipinski definition) is 0. The smallest absolute Gasteiger partial charge is 0.307 e. The molecule has 0 spiro atoms. The van der Waals surface area contributed by atoms with Crippen LogP contribution in [0, 0.1) is 12.7 Å². The van der Waals surface area contributed by atoms with Crippen LogP contribution in [0.1, 0.15) is 36.9 Å². The van der Waals surface area contributed by atoms with Crippen LogP contribution in [0.2, 0.25) is 0 Å². The molecule has 4 nitrogen and oxygen atoms in total. The lowest BCUT2D eigenvalue weighted by Gasteiger charge is -2.29. The van der Waals surface area contributed by atoms with Crippen molar-refractivity contribution in [1.29, 1.82) is 0 Å². The molecule has 1 saturated carbocycles. The summed E-state index contributed by atoms with van der Waals surface area (Å²) in [6, 6.07) is 6.68. The molecule has 0 aliphatic heterocycles. The van der Waals surface area contributed by atoms with E-state index in [2.05, 4.69) is 0 Å². The summed E-state index contributed by atoms with van der Waals surface area (Å²) in [7, 11) is 0. The Morgan fingerprint density at radius 3 is 2.56 bits per heavy atom. The van der Waals surface area contributed by atoms with Crippen LogP contribution < -0.4 is 4.87 Å². The summed E-state index contributed by atoms with van der Waals surface area (Å²) in [5, 5.41) is 1.79. The Labute approximate surface area is 150 Å². The summed E-state index contributed by atoms with van der Waals surface area (Å²) < 4.78 is 14.6. The van der Waals surface area contributed by atoms with Crippen molar-refractivity contribution in [3.63, 3.8) is 0 Å². The third-order valence-corrected chi connectivity index (χ3v) is 5.79. The standard InChI is InChI=1S/C19H23FN2O2S/c1-14-13-25-19(24)22(14)12-18(23)21(17-4-2-3-5-17)11-10-15-6-8-16(20)9-7-15/h6-9,13,17H,2-5,10-12H2,1H3. The topological polar surface area (TPSA) is 42.3 Å². The van der Waals surface area contributed by atoms with Gasteiger partial charge in [-0.2, -0.15) is 0 Å². The third-order valence-electron chi connectivity index (χ3n) is 4.91. The molecule has 1 aromatic carbocycles. The molecule has 0 radical (unpaired) electrons. The van der Waals surface area contributed by atoms with E-state index in [1.54, 1.807) is 22.1 Å². The van der Waals surface area contributed by atoms with Gasteiger partial charge in [0.1, 0.15) is 12.4 Å². The number of amides is 1. The van der Waals surface area contributed by atoms with Crippen molar-refractivity contribution in [2.24, 2.45) is 0 Å². The Balaban J connectivity index is 1.71. The lowest BCUT2D eigenvalue weighted by molar-refractivity contribution is -0.134. The van der Waals surface area contributed by atoms with Crippen molar-refractivity contribution in [1.82, 2.24) is 9.47 Å². The molecule has 1 aromatic heterocycles. The second kappa shape index (κ2) is 7.95. The number of hydrogen-bond acceptors (Lipinski definition) is 3. The van der Waals surface area contributed by atoms with E-state index in [1.165, 1.54) is 12.1 Å². The number of carbonyl (C=O) groups excluding carboxylic acids is 1. The van der Waals surface area contributed by atoms with Gasteiger partial charge in [-0.05, 0) is 43.9 Å². The molecule has 1 aliphatic carbocycles. The van der Waals surface area contributed by atoms with Gasteiger partial charge in [0.2, 0.25) is 5.91 Å². The minimum Gasteiger partial charge on any atom is -0.338 e. The van der Waals surface area contributed by atoms with E-state index in [0.29, 0.717) is 13.0 Å². The average Bonchev–Trinajstić information content (AvgIpc) is 3.23. The Morgan fingerprint density at radius 2 is 1.96 bits per heavy atom. The van der Waals surface area contributed by atoms with Crippen LogP contribution >= 0.6 is 11.3 Å². The van der Waals surface area contributed by atoms with E-state index in [0.717, 1.165) is 48.3 Å². The maximum Gasteiger partial charge on any atom is 0.307 e. The summed E-state index contributed by atoms with van der Waals surface area (Å²) in [4.78, 5) is 26.6. The number of benzene rings is 1. The van der Waals surface area contributed by atoms with Crippen LogP contribution in [0.4, 0.5) is 4.39 Å². The van der Waals surface area contributed by atoms with Crippen molar-refractivity contribution < 1.29 is 9.18 Å². The first-order valence-electron chi connectivity index (χ1n) is 8.73. The molecule has 0 bridgehead atoms. The Morgan fingerprint density at radius 1 is 1.28 bits per heavy atom. The Kier molecular flexibility index (Phi) is 5.68. The SMILES string of the molecule is Cc1csc(=O)n1CC(=O)N(CCc1ccc(F)cc1)C1CCCC1. The second-order valence-electron chi connectivity index (χ2n) is 6.63. The highest BCUT2D eigenvalue weighted by atomic mass is 32.1. The summed E-state index contributed by atoms with van der Waals surface area (Å²) in [6.07, 6.45) is 5.02. The van der Waals surface area contributed by atoms with Gasteiger partial charge in [-0.3, -0.25) is 14.2 Å². The maximum atomic E-state index is 13.1. The number of rotatable bonds is 6. The van der Waals surface area contributed by atoms with Gasteiger partial charge in [-0.25, -0.2) is 4.39 Å². The fourth-order valence-electron chi connectivity index (χ4n) is 3.45. The number of thiazole rings is 1. The molecule has 1 fully saturated rings. The molecule has 134 valence electrons. The van der Waals surface area contributed by atoms with E-state index >= 15 is 0 Å². The fraction of sp³-hybridized carbons (Fsp3) is 0.474. The summed E-state index contributed by atoms with van der Waals surface area (Å²) in [5.41, 5.74) is 1.84. The summed E-state index contributed by atoms with van der Waals surface area (Å²) in [5.74, 6) is -0.252. The molecule has 0 unspecified atom stereocenters. The molecule has 1 aliphatic rings. The van der Waals surface area contributed by atoms with E-state index in [9.17, 15) is 14.0 Å². The average molecular weight is 362 g/mol. The highest BCUT2D eigenvalue weighted by molar-refractivity contribution is 7.07. The van der Waals surface area contributed by atoms with Gasteiger partial charge < -0.3 is 4.90 Å². The first kappa shape index (κ1) is 17.9. The van der Waals surface area contributed by atoms with Crippen LogP contribution in [0.5, 0.6) is 0 Å². The molecule has 25 heavy (non-hydrogen) atoms. The molecular weight excluding hydrogens is 339 g/mol. The summed E-state index contributed by atoms with van der Waals surface area (Å²) in [6.45, 7) is 2.56. The van der Waals surface area contributed by atoms with Gasteiger partial charge >= 0.3 is 4.87 Å². The Bertz CT molecular complexity index is 775. The van der Waals surface area contributed by atoms with E-state index in [4.69, 9.17) is 0 Å². The van der Waals surface area contributed by atoms with Gasteiger partial charge in [0.15, 0.2) is 0 Å². The minimum absolute atomic E-state index is 0.00221. The lowest BCUT2D eigenvalue weighted by atomic mass is 10.1. The first-order chi connectivity index (χ1) is 12.0. The van der Waals surface area contributed by atoms with Crippen LogP contribution in [0.25, 0.3) is 0 Å². The number of halogens is 1. The van der Waals surface area contributed by atoms with E-state index in [1.807, 2.05) is 11.8 Å². The zero-order valence-corrected chi connectivity index (χ0v) is 15.2. The highest BCUT2D eigenvalue weighted by Crippen LogP contribution is 2.24. The second-order valence-corrected chi connectivity index (χ2v) is 7.45. The van der Waals surface area contributed by atoms with Crippen molar-refractivity contribution in [2.45, 2.75) is 51.6 Å². The predicted molar refractivity (Wildman–Crippen MR) is 97.4 cm³/mol. The van der Waals surface area contributed by atoms with Crippen molar-refractivity contribution in [3.8, 4) is 0 Å². The van der Waals surface area contributed by atoms with Crippen molar-refractivity contribution in [3.05, 3.63) is 56.4 Å². The first-order valence-corrected chi connectivity index (χ1v) is 9.61. The lowest BCUT2D eigenvalue weighted by Crippen LogP contribution is -2.43. The number of aryl methyl sites for hydroxylation is 1. The van der Waals surface area contributed by atoms with E-state index < -0.39 is 0 Å².